The maximum atomic E-state index is 12.8. The molecule has 2 aromatic heterocycles. The number of fused-ring (bicyclic) bond motifs is 1. The van der Waals surface area contributed by atoms with Crippen molar-refractivity contribution in [2.75, 3.05) is 11.9 Å². The van der Waals surface area contributed by atoms with E-state index in [1.54, 1.807) is 17.0 Å². The molecule has 0 saturated heterocycles. The quantitative estimate of drug-likeness (QED) is 0.567. The van der Waals surface area contributed by atoms with Crippen LogP contribution in [0.5, 0.6) is 0 Å². The fourth-order valence-electron chi connectivity index (χ4n) is 3.27. The average Bonchev–Trinajstić information content (AvgIpc) is 3.09. The van der Waals surface area contributed by atoms with Gasteiger partial charge in [0.25, 0.3) is 5.56 Å². The van der Waals surface area contributed by atoms with Gasteiger partial charge in [0, 0.05) is 41.7 Å². The van der Waals surface area contributed by atoms with Gasteiger partial charge in [0.2, 0.25) is 0 Å². The highest BCUT2D eigenvalue weighted by Crippen LogP contribution is 2.18. The number of anilines is 1. The number of aromatic nitrogens is 3. The number of benzene rings is 2. The van der Waals surface area contributed by atoms with Crippen LogP contribution in [0.15, 0.2) is 65.8 Å². The van der Waals surface area contributed by atoms with E-state index < -0.39 is 0 Å². The van der Waals surface area contributed by atoms with Crippen molar-refractivity contribution in [3.63, 3.8) is 0 Å². The Kier molecular flexibility index (Phi) is 4.50. The predicted molar refractivity (Wildman–Crippen MR) is 110 cm³/mol. The zero-order valence-electron chi connectivity index (χ0n) is 15.5. The van der Waals surface area contributed by atoms with Gasteiger partial charge in [-0.05, 0) is 55.2 Å². The largest absolute Gasteiger partial charge is 0.365 e. The number of para-hydroxylation sites is 1. The monoisotopic (exact) mass is 358 g/mol. The van der Waals surface area contributed by atoms with E-state index in [-0.39, 0.29) is 5.56 Å². The second kappa shape index (κ2) is 7.11. The highest BCUT2D eigenvalue weighted by Gasteiger charge is 2.08. The third-order valence-corrected chi connectivity index (χ3v) is 4.97. The normalized spacial score (nSPS) is 11.0. The van der Waals surface area contributed by atoms with E-state index in [2.05, 4.69) is 34.3 Å². The average molecular weight is 358 g/mol. The second-order valence-corrected chi connectivity index (χ2v) is 6.76. The van der Waals surface area contributed by atoms with Crippen molar-refractivity contribution in [3.05, 3.63) is 88.1 Å². The Morgan fingerprint density at radius 1 is 1.11 bits per heavy atom. The SMILES string of the molecule is Cc1ccc(-n2ccnc(NCCc3c[nH]c4ccccc34)c2=O)cc1C. The summed E-state index contributed by atoms with van der Waals surface area (Å²) >= 11 is 0. The van der Waals surface area contributed by atoms with E-state index in [4.69, 9.17) is 0 Å². The fraction of sp³-hybridized carbons (Fsp3) is 0.182. The zero-order valence-corrected chi connectivity index (χ0v) is 15.5. The molecule has 136 valence electrons. The van der Waals surface area contributed by atoms with Crippen molar-refractivity contribution >= 4 is 16.7 Å². The summed E-state index contributed by atoms with van der Waals surface area (Å²) in [5.41, 5.74) is 5.43. The van der Waals surface area contributed by atoms with Crippen LogP contribution in [0.1, 0.15) is 16.7 Å². The third kappa shape index (κ3) is 3.36. The predicted octanol–water partition coefficient (Wildman–Crippen LogP) is 3.99. The van der Waals surface area contributed by atoms with E-state index >= 15 is 0 Å². The van der Waals surface area contributed by atoms with Crippen molar-refractivity contribution in [1.29, 1.82) is 0 Å². The summed E-state index contributed by atoms with van der Waals surface area (Å²) in [5.74, 6) is 0.371. The molecule has 0 spiro atoms. The van der Waals surface area contributed by atoms with Crippen molar-refractivity contribution < 1.29 is 0 Å². The maximum absolute atomic E-state index is 12.8. The van der Waals surface area contributed by atoms with E-state index in [1.807, 2.05) is 43.5 Å². The molecule has 0 saturated carbocycles. The van der Waals surface area contributed by atoms with Gasteiger partial charge >= 0.3 is 0 Å². The molecule has 4 rings (SSSR count). The smallest absolute Gasteiger partial charge is 0.297 e. The molecule has 0 aliphatic carbocycles. The first-order chi connectivity index (χ1) is 13.1. The number of aryl methyl sites for hydroxylation is 2. The van der Waals surface area contributed by atoms with Gasteiger partial charge in [-0.15, -0.1) is 0 Å². The van der Waals surface area contributed by atoms with E-state index in [0.29, 0.717) is 12.4 Å². The number of hydrogen-bond acceptors (Lipinski definition) is 3. The molecule has 5 heteroatoms. The number of aromatic amines is 1. The summed E-state index contributed by atoms with van der Waals surface area (Å²) < 4.78 is 1.63. The van der Waals surface area contributed by atoms with Crippen LogP contribution in [0.3, 0.4) is 0 Å². The van der Waals surface area contributed by atoms with E-state index in [1.165, 1.54) is 16.5 Å². The molecule has 4 aromatic rings. The fourth-order valence-corrected chi connectivity index (χ4v) is 3.27. The molecule has 0 bridgehead atoms. The maximum Gasteiger partial charge on any atom is 0.297 e. The number of H-pyrrole nitrogens is 1. The molecule has 0 unspecified atom stereocenters. The van der Waals surface area contributed by atoms with E-state index in [0.717, 1.165) is 23.2 Å². The highest BCUT2D eigenvalue weighted by atomic mass is 16.1. The van der Waals surface area contributed by atoms with Crippen LogP contribution in [0.2, 0.25) is 0 Å². The molecule has 0 aliphatic heterocycles. The number of rotatable bonds is 5. The summed E-state index contributed by atoms with van der Waals surface area (Å²) in [6.07, 6.45) is 6.20. The summed E-state index contributed by atoms with van der Waals surface area (Å²) in [5, 5.41) is 4.41. The Morgan fingerprint density at radius 3 is 2.81 bits per heavy atom. The Labute approximate surface area is 157 Å². The van der Waals surface area contributed by atoms with Gasteiger partial charge in [-0.1, -0.05) is 24.3 Å². The highest BCUT2D eigenvalue weighted by molar-refractivity contribution is 5.83. The van der Waals surface area contributed by atoms with Crippen LogP contribution in [-0.4, -0.2) is 21.1 Å². The third-order valence-electron chi connectivity index (χ3n) is 4.97. The van der Waals surface area contributed by atoms with Gasteiger partial charge in [-0.2, -0.15) is 0 Å². The molecule has 27 heavy (non-hydrogen) atoms. The van der Waals surface area contributed by atoms with Gasteiger partial charge in [0.15, 0.2) is 5.82 Å². The van der Waals surface area contributed by atoms with Crippen LogP contribution in [-0.2, 0) is 6.42 Å². The van der Waals surface area contributed by atoms with Crippen LogP contribution in [0.25, 0.3) is 16.6 Å². The van der Waals surface area contributed by atoms with Crippen molar-refractivity contribution in [1.82, 2.24) is 14.5 Å². The zero-order chi connectivity index (χ0) is 18.8. The van der Waals surface area contributed by atoms with Crippen LogP contribution >= 0.6 is 0 Å². The minimum atomic E-state index is -0.139. The van der Waals surface area contributed by atoms with Crippen LogP contribution in [0.4, 0.5) is 5.82 Å². The molecular formula is C22H22N4O. The van der Waals surface area contributed by atoms with Crippen molar-refractivity contribution in [3.8, 4) is 5.69 Å². The van der Waals surface area contributed by atoms with Crippen LogP contribution in [0, 0.1) is 13.8 Å². The molecule has 0 atom stereocenters. The Morgan fingerprint density at radius 2 is 1.96 bits per heavy atom. The lowest BCUT2D eigenvalue weighted by Gasteiger charge is -2.10. The molecule has 0 aliphatic rings. The van der Waals surface area contributed by atoms with Gasteiger partial charge in [-0.25, -0.2) is 4.98 Å². The molecule has 2 N–H and O–H groups in total. The standard InChI is InChI=1S/C22H22N4O/c1-15-7-8-18(13-16(15)2)26-12-11-24-21(22(26)27)23-10-9-17-14-25-20-6-4-3-5-19(17)20/h3-8,11-14,25H,9-10H2,1-2H3,(H,23,24). The number of nitrogens with zero attached hydrogens (tertiary/aromatic N) is 2. The number of nitrogens with one attached hydrogen (secondary N) is 2. The summed E-state index contributed by atoms with van der Waals surface area (Å²) in [6, 6.07) is 14.2. The second-order valence-electron chi connectivity index (χ2n) is 6.76. The Balaban J connectivity index is 1.53. The summed E-state index contributed by atoms with van der Waals surface area (Å²) in [6.45, 7) is 4.75. The first kappa shape index (κ1) is 17.1. The van der Waals surface area contributed by atoms with Crippen molar-refractivity contribution in [2.24, 2.45) is 0 Å². The van der Waals surface area contributed by atoms with Gasteiger partial charge in [0.05, 0.1) is 0 Å². The first-order valence-corrected chi connectivity index (χ1v) is 9.07. The molecule has 0 fully saturated rings. The van der Waals surface area contributed by atoms with Crippen LogP contribution < -0.4 is 10.9 Å². The Bertz CT molecular complexity index is 1160. The molecule has 0 amide bonds. The topological polar surface area (TPSA) is 62.7 Å². The minimum Gasteiger partial charge on any atom is -0.365 e. The number of hydrogen-bond donors (Lipinski definition) is 2. The van der Waals surface area contributed by atoms with Gasteiger partial charge in [-0.3, -0.25) is 9.36 Å². The lowest BCUT2D eigenvalue weighted by Crippen LogP contribution is -2.24. The molecular weight excluding hydrogens is 336 g/mol. The lowest BCUT2D eigenvalue weighted by atomic mass is 10.1. The molecule has 0 radical (unpaired) electrons. The van der Waals surface area contributed by atoms with Gasteiger partial charge < -0.3 is 10.3 Å². The summed E-state index contributed by atoms with van der Waals surface area (Å²) in [7, 11) is 0. The summed E-state index contributed by atoms with van der Waals surface area (Å²) in [4.78, 5) is 20.3. The minimum absolute atomic E-state index is 0.139. The molecule has 5 nitrogen and oxygen atoms in total. The van der Waals surface area contributed by atoms with E-state index in [9.17, 15) is 4.79 Å². The van der Waals surface area contributed by atoms with Gasteiger partial charge in [0.1, 0.15) is 0 Å². The van der Waals surface area contributed by atoms with Crippen molar-refractivity contribution in [2.45, 2.75) is 20.3 Å². The lowest BCUT2D eigenvalue weighted by molar-refractivity contribution is 0.932. The molecule has 2 aromatic carbocycles. The molecule has 2 heterocycles. The Hall–Kier alpha value is -3.34. The first-order valence-electron chi connectivity index (χ1n) is 9.07.